The molecule has 0 spiro atoms. The molecule has 0 amide bonds. The van der Waals surface area contributed by atoms with Gasteiger partial charge >= 0.3 is 0 Å². The van der Waals surface area contributed by atoms with Crippen molar-refractivity contribution >= 4 is 45.0 Å². The normalized spacial score (nSPS) is 11.5. The zero-order chi connectivity index (χ0) is 20.1. The van der Waals surface area contributed by atoms with E-state index in [9.17, 15) is 0 Å². The first-order valence-corrected chi connectivity index (χ1v) is 10.5. The molecule has 0 aliphatic heterocycles. The van der Waals surface area contributed by atoms with Gasteiger partial charge in [-0.2, -0.15) is 5.10 Å². The second kappa shape index (κ2) is 6.76. The lowest BCUT2D eigenvalue weighted by Gasteiger charge is -2.00. The van der Waals surface area contributed by atoms with Crippen LogP contribution < -0.4 is 0 Å². The molecule has 0 atom stereocenters. The highest BCUT2D eigenvalue weighted by atomic mass is 35.5. The predicted molar refractivity (Wildman–Crippen MR) is 121 cm³/mol. The molecule has 6 rings (SSSR count). The van der Waals surface area contributed by atoms with Gasteiger partial charge in [-0.1, -0.05) is 23.7 Å². The second-order valence-corrected chi connectivity index (χ2v) is 8.51. The molecule has 144 valence electrons. The Morgan fingerprint density at radius 2 is 1.73 bits per heavy atom. The van der Waals surface area contributed by atoms with Gasteiger partial charge in [0.25, 0.3) is 0 Å². The third-order valence-corrected chi connectivity index (χ3v) is 6.22. The minimum atomic E-state index is 0.672. The molecule has 8 heteroatoms. The molecular weight excluding hydrogens is 416 g/mol. The van der Waals surface area contributed by atoms with Gasteiger partial charge in [-0.25, -0.2) is 9.97 Å². The van der Waals surface area contributed by atoms with Crippen molar-refractivity contribution in [3.05, 3.63) is 71.3 Å². The summed E-state index contributed by atoms with van der Waals surface area (Å²) < 4.78 is 0.754. The minimum Gasteiger partial charge on any atom is -0.336 e. The number of aromatic amines is 2. The number of H-pyrrole nitrogens is 2. The van der Waals surface area contributed by atoms with Crippen LogP contribution in [0.3, 0.4) is 0 Å². The number of fused-ring (bicyclic) bond motifs is 2. The molecule has 5 aromatic heterocycles. The molecule has 6 nitrogen and oxygen atoms in total. The Labute approximate surface area is 179 Å². The highest BCUT2D eigenvalue weighted by Crippen LogP contribution is 2.36. The second-order valence-electron chi connectivity index (χ2n) is 6.79. The summed E-state index contributed by atoms with van der Waals surface area (Å²) in [6.07, 6.45) is 3.52. The van der Waals surface area contributed by atoms with Crippen LogP contribution in [0, 0.1) is 0 Å². The van der Waals surface area contributed by atoms with E-state index >= 15 is 0 Å². The van der Waals surface area contributed by atoms with Crippen molar-refractivity contribution in [3.63, 3.8) is 0 Å². The fourth-order valence-electron chi connectivity index (χ4n) is 3.55. The zero-order valence-electron chi connectivity index (χ0n) is 15.4. The molecule has 0 aliphatic carbocycles. The average Bonchev–Trinajstić information content (AvgIpc) is 3.51. The van der Waals surface area contributed by atoms with Gasteiger partial charge in [-0.15, -0.1) is 11.3 Å². The lowest BCUT2D eigenvalue weighted by Crippen LogP contribution is -1.87. The number of hydrogen-bond acceptors (Lipinski definition) is 5. The number of hydrogen-bond donors (Lipinski definition) is 2. The number of rotatable bonds is 3. The first-order valence-electron chi connectivity index (χ1n) is 9.26. The van der Waals surface area contributed by atoms with Crippen molar-refractivity contribution in [2.45, 2.75) is 0 Å². The Morgan fingerprint density at radius 3 is 2.57 bits per heavy atom. The summed E-state index contributed by atoms with van der Waals surface area (Å²) in [4.78, 5) is 18.3. The van der Waals surface area contributed by atoms with Gasteiger partial charge in [0.05, 0.1) is 26.6 Å². The SMILES string of the molecule is Clc1ccc(-c2cccc3[nH]c(-c4n[nH]c5ccc(-c6ccncc6)nc45)nc23)s1. The molecule has 30 heavy (non-hydrogen) atoms. The van der Waals surface area contributed by atoms with E-state index in [1.807, 2.05) is 48.5 Å². The lowest BCUT2D eigenvalue weighted by atomic mass is 10.1. The summed E-state index contributed by atoms with van der Waals surface area (Å²) in [5.74, 6) is 0.672. The molecule has 6 aromatic rings. The van der Waals surface area contributed by atoms with E-state index in [4.69, 9.17) is 21.6 Å². The van der Waals surface area contributed by atoms with Crippen molar-refractivity contribution in [1.29, 1.82) is 0 Å². The zero-order valence-corrected chi connectivity index (χ0v) is 17.0. The quantitative estimate of drug-likeness (QED) is 0.365. The Morgan fingerprint density at radius 1 is 0.833 bits per heavy atom. The molecule has 0 bridgehead atoms. The fraction of sp³-hybridized carbons (Fsp3) is 0. The molecule has 2 N–H and O–H groups in total. The summed E-state index contributed by atoms with van der Waals surface area (Å²) in [6, 6.07) is 17.8. The smallest absolute Gasteiger partial charge is 0.161 e. The first-order chi connectivity index (χ1) is 14.8. The number of nitrogens with one attached hydrogen (secondary N) is 2. The number of thiophene rings is 1. The highest BCUT2D eigenvalue weighted by Gasteiger charge is 2.17. The van der Waals surface area contributed by atoms with Crippen LogP contribution in [0.4, 0.5) is 0 Å². The van der Waals surface area contributed by atoms with Crippen molar-refractivity contribution in [2.24, 2.45) is 0 Å². The first kappa shape index (κ1) is 17.3. The number of nitrogens with zero attached hydrogens (tertiary/aromatic N) is 4. The summed E-state index contributed by atoms with van der Waals surface area (Å²) in [7, 11) is 0. The summed E-state index contributed by atoms with van der Waals surface area (Å²) in [6.45, 7) is 0. The Kier molecular flexibility index (Phi) is 3.90. The van der Waals surface area contributed by atoms with E-state index in [1.54, 1.807) is 12.4 Å². The molecule has 1 aromatic carbocycles. The number of para-hydroxylation sites is 1. The van der Waals surface area contributed by atoms with E-state index in [-0.39, 0.29) is 0 Å². The van der Waals surface area contributed by atoms with Crippen LogP contribution in [0.15, 0.2) is 67.0 Å². The summed E-state index contributed by atoms with van der Waals surface area (Å²) in [5, 5.41) is 7.55. The average molecular weight is 429 g/mol. The van der Waals surface area contributed by atoms with E-state index in [2.05, 4.69) is 26.2 Å². The topological polar surface area (TPSA) is 83.1 Å². The Hall–Kier alpha value is -3.55. The maximum absolute atomic E-state index is 6.14. The van der Waals surface area contributed by atoms with Gasteiger partial charge in [0.1, 0.15) is 5.52 Å². The monoisotopic (exact) mass is 428 g/mol. The highest BCUT2D eigenvalue weighted by molar-refractivity contribution is 7.19. The van der Waals surface area contributed by atoms with Crippen LogP contribution in [0.2, 0.25) is 4.34 Å². The van der Waals surface area contributed by atoms with Gasteiger partial charge in [-0.3, -0.25) is 10.1 Å². The Bertz CT molecular complexity index is 1520. The lowest BCUT2D eigenvalue weighted by molar-refractivity contribution is 1.10. The van der Waals surface area contributed by atoms with Crippen molar-refractivity contribution in [3.8, 4) is 33.2 Å². The number of pyridine rings is 2. The number of benzene rings is 1. The fourth-order valence-corrected chi connectivity index (χ4v) is 4.62. The Balaban J connectivity index is 1.52. The largest absolute Gasteiger partial charge is 0.336 e. The number of aromatic nitrogens is 6. The summed E-state index contributed by atoms with van der Waals surface area (Å²) in [5.41, 5.74) is 7.03. The number of imidazole rings is 1. The van der Waals surface area contributed by atoms with Crippen molar-refractivity contribution in [2.75, 3.05) is 0 Å². The molecule has 0 unspecified atom stereocenters. The van der Waals surface area contributed by atoms with Gasteiger partial charge in [0, 0.05) is 28.4 Å². The van der Waals surface area contributed by atoms with Crippen LogP contribution in [-0.2, 0) is 0 Å². The van der Waals surface area contributed by atoms with E-state index in [0.717, 1.165) is 48.1 Å². The van der Waals surface area contributed by atoms with Crippen molar-refractivity contribution in [1.82, 2.24) is 30.1 Å². The van der Waals surface area contributed by atoms with Gasteiger partial charge in [-0.05, 0) is 42.5 Å². The van der Waals surface area contributed by atoms with Gasteiger partial charge in [0.2, 0.25) is 0 Å². The van der Waals surface area contributed by atoms with E-state index < -0.39 is 0 Å². The molecular formula is C22H13ClN6S. The molecule has 0 aliphatic rings. The molecule has 0 saturated carbocycles. The minimum absolute atomic E-state index is 0.672. The van der Waals surface area contributed by atoms with Crippen molar-refractivity contribution < 1.29 is 0 Å². The maximum atomic E-state index is 6.14. The molecule has 0 saturated heterocycles. The van der Waals surface area contributed by atoms with Crippen LogP contribution in [0.1, 0.15) is 0 Å². The third kappa shape index (κ3) is 2.79. The van der Waals surface area contributed by atoms with Crippen LogP contribution in [0.5, 0.6) is 0 Å². The number of halogens is 1. The molecule has 5 heterocycles. The summed E-state index contributed by atoms with van der Waals surface area (Å²) >= 11 is 7.68. The van der Waals surface area contributed by atoms with E-state index in [1.165, 1.54) is 11.3 Å². The molecule has 0 fully saturated rings. The van der Waals surface area contributed by atoms with Crippen LogP contribution in [0.25, 0.3) is 55.3 Å². The van der Waals surface area contributed by atoms with Crippen LogP contribution >= 0.6 is 22.9 Å². The van der Waals surface area contributed by atoms with Gasteiger partial charge in [0.15, 0.2) is 11.5 Å². The predicted octanol–water partition coefficient (Wildman–Crippen LogP) is 5.95. The molecule has 0 radical (unpaired) electrons. The van der Waals surface area contributed by atoms with E-state index in [0.29, 0.717) is 11.5 Å². The van der Waals surface area contributed by atoms with Gasteiger partial charge < -0.3 is 4.98 Å². The third-order valence-electron chi connectivity index (χ3n) is 4.96. The van der Waals surface area contributed by atoms with Crippen LogP contribution in [-0.4, -0.2) is 30.1 Å². The standard InChI is InChI=1S/C22H13ClN6S/c23-18-7-6-17(30-18)13-2-1-3-15-19(13)27-22(26-15)21-20-16(28-29-21)5-4-14(25-20)12-8-10-24-11-9-12/h1-11H,(H,26,27)(H,28,29). The maximum Gasteiger partial charge on any atom is 0.161 e.